The van der Waals surface area contributed by atoms with E-state index in [0.717, 1.165) is 53.3 Å². The number of fused-ring (bicyclic) bond motifs is 1. The maximum absolute atomic E-state index is 14.1. The Balaban J connectivity index is 1.31. The molecule has 0 radical (unpaired) electrons. The molecule has 1 saturated heterocycles. The van der Waals surface area contributed by atoms with Gasteiger partial charge in [-0.15, -0.1) is 11.3 Å². The molecule has 2 amide bonds. The maximum Gasteiger partial charge on any atom is 0.261 e. The minimum absolute atomic E-state index is 0.0292. The molecule has 1 fully saturated rings. The molecule has 2 aliphatic heterocycles. The molecule has 0 atom stereocenters. The zero-order chi connectivity index (χ0) is 23.7. The number of nitrogens with one attached hydrogen (secondary N) is 1. The average molecular weight is 479 g/mol. The van der Waals surface area contributed by atoms with E-state index in [9.17, 15) is 14.0 Å². The minimum atomic E-state index is -0.509. The Morgan fingerprint density at radius 1 is 1.09 bits per heavy atom. The summed E-state index contributed by atoms with van der Waals surface area (Å²) in [5.41, 5.74) is 3.70. The van der Waals surface area contributed by atoms with E-state index in [1.54, 1.807) is 17.0 Å². The van der Waals surface area contributed by atoms with Crippen LogP contribution in [0.2, 0.25) is 0 Å². The predicted octanol–water partition coefficient (Wildman–Crippen LogP) is 4.88. The first kappa shape index (κ1) is 22.7. The number of aryl methyl sites for hydroxylation is 1. The molecule has 6 nitrogen and oxygen atoms in total. The summed E-state index contributed by atoms with van der Waals surface area (Å²) >= 11 is 1.47. The highest BCUT2D eigenvalue weighted by Gasteiger charge is 2.28. The van der Waals surface area contributed by atoms with E-state index < -0.39 is 5.82 Å². The third-order valence-electron chi connectivity index (χ3n) is 6.46. The van der Waals surface area contributed by atoms with Crippen LogP contribution in [0.25, 0.3) is 11.3 Å². The summed E-state index contributed by atoms with van der Waals surface area (Å²) in [4.78, 5) is 34.9. The second kappa shape index (κ2) is 9.64. The van der Waals surface area contributed by atoms with Gasteiger partial charge in [-0.3, -0.25) is 14.5 Å². The van der Waals surface area contributed by atoms with E-state index >= 15 is 0 Å². The van der Waals surface area contributed by atoms with Gasteiger partial charge in [0.1, 0.15) is 5.82 Å². The summed E-state index contributed by atoms with van der Waals surface area (Å²) < 4.78 is 14.1. The van der Waals surface area contributed by atoms with Crippen molar-refractivity contribution in [2.45, 2.75) is 32.6 Å². The van der Waals surface area contributed by atoms with Crippen molar-refractivity contribution in [1.29, 1.82) is 0 Å². The quantitative estimate of drug-likeness (QED) is 0.567. The molecule has 1 aromatic heterocycles. The molecule has 1 N–H and O–H groups in total. The number of likely N-dealkylation sites (tertiary alicyclic amines) is 1. The van der Waals surface area contributed by atoms with Crippen LogP contribution in [0.1, 0.15) is 40.1 Å². The van der Waals surface area contributed by atoms with Crippen LogP contribution in [0, 0.1) is 12.7 Å². The monoisotopic (exact) mass is 478 g/mol. The predicted molar refractivity (Wildman–Crippen MR) is 133 cm³/mol. The number of piperidine rings is 1. The number of halogens is 1. The first-order chi connectivity index (χ1) is 16.5. The van der Waals surface area contributed by atoms with Crippen LogP contribution in [0.5, 0.6) is 0 Å². The van der Waals surface area contributed by atoms with Gasteiger partial charge in [0, 0.05) is 22.7 Å². The number of carbonyl (C=O) groups excluding carboxylic acids is 2. The Hall–Kier alpha value is -3.10. The fraction of sp³-hybridized carbons (Fsp3) is 0.346. The highest BCUT2D eigenvalue weighted by molar-refractivity contribution is 7.16. The highest BCUT2D eigenvalue weighted by Crippen LogP contribution is 2.36. The highest BCUT2D eigenvalue weighted by atomic mass is 32.1. The number of nitrogens with zero attached hydrogens (tertiary/aromatic N) is 3. The van der Waals surface area contributed by atoms with Gasteiger partial charge in [-0.25, -0.2) is 9.37 Å². The van der Waals surface area contributed by atoms with Gasteiger partial charge >= 0.3 is 0 Å². The first-order valence-electron chi connectivity index (χ1n) is 11.7. The molecule has 3 heterocycles. The van der Waals surface area contributed by atoms with E-state index in [-0.39, 0.29) is 17.4 Å². The molecule has 176 valence electrons. The molecule has 3 aromatic rings. The lowest BCUT2D eigenvalue weighted by Gasteiger charge is -2.25. The van der Waals surface area contributed by atoms with Gasteiger partial charge in [0.25, 0.3) is 5.91 Å². The van der Waals surface area contributed by atoms with Crippen LogP contribution in [0.3, 0.4) is 0 Å². The van der Waals surface area contributed by atoms with Crippen LogP contribution in [0.15, 0.2) is 42.5 Å². The van der Waals surface area contributed by atoms with Crippen molar-refractivity contribution in [3.8, 4) is 11.3 Å². The largest absolute Gasteiger partial charge is 0.308 e. The molecular formula is C26H27FN4O2S. The number of thiazole rings is 1. The lowest BCUT2D eigenvalue weighted by atomic mass is 10.1. The summed E-state index contributed by atoms with van der Waals surface area (Å²) in [5.74, 6) is -0.864. The number of benzene rings is 2. The lowest BCUT2D eigenvalue weighted by Crippen LogP contribution is -2.36. The first-order valence-corrected chi connectivity index (χ1v) is 12.5. The van der Waals surface area contributed by atoms with Gasteiger partial charge < -0.3 is 10.2 Å². The van der Waals surface area contributed by atoms with Crippen molar-refractivity contribution in [2.75, 3.05) is 36.4 Å². The van der Waals surface area contributed by atoms with E-state index in [4.69, 9.17) is 0 Å². The number of hydrogen-bond donors (Lipinski definition) is 1. The summed E-state index contributed by atoms with van der Waals surface area (Å²) in [6.45, 7) is 4.86. The Morgan fingerprint density at radius 3 is 2.68 bits per heavy atom. The van der Waals surface area contributed by atoms with Crippen molar-refractivity contribution in [2.24, 2.45) is 0 Å². The standard InChI is InChI=1S/C26H27FN4O2S/c1-17-24(29-26(34-17)28-23(32)16-30-12-5-2-6-13-30)19-9-10-22-18(15-19)11-14-31(22)25(33)20-7-3-4-8-21(20)27/h3-4,7-10,15H,2,5-6,11-14,16H2,1H3,(H,28,29,32). The van der Waals surface area contributed by atoms with Crippen LogP contribution in [-0.4, -0.2) is 47.9 Å². The number of carbonyl (C=O) groups is 2. The van der Waals surface area contributed by atoms with E-state index in [1.165, 1.54) is 29.9 Å². The van der Waals surface area contributed by atoms with Crippen LogP contribution in [-0.2, 0) is 11.2 Å². The molecular weight excluding hydrogens is 451 g/mol. The number of hydrogen-bond acceptors (Lipinski definition) is 5. The van der Waals surface area contributed by atoms with E-state index in [2.05, 4.69) is 15.2 Å². The Labute approximate surface area is 202 Å². The van der Waals surface area contributed by atoms with Gasteiger partial charge in [0.05, 0.1) is 17.8 Å². The smallest absolute Gasteiger partial charge is 0.261 e. The molecule has 0 spiro atoms. The summed E-state index contributed by atoms with van der Waals surface area (Å²) in [6, 6.07) is 12.0. The zero-order valence-corrected chi connectivity index (χ0v) is 20.0. The Kier molecular flexibility index (Phi) is 6.43. The fourth-order valence-electron chi connectivity index (χ4n) is 4.74. The summed E-state index contributed by atoms with van der Waals surface area (Å²) in [6.07, 6.45) is 4.24. The third kappa shape index (κ3) is 4.60. The minimum Gasteiger partial charge on any atom is -0.308 e. The van der Waals surface area contributed by atoms with Gasteiger partial charge in [-0.1, -0.05) is 24.6 Å². The van der Waals surface area contributed by atoms with Crippen molar-refractivity contribution in [3.63, 3.8) is 0 Å². The van der Waals surface area contributed by atoms with Crippen molar-refractivity contribution < 1.29 is 14.0 Å². The van der Waals surface area contributed by atoms with Gasteiger partial charge in [-0.2, -0.15) is 0 Å². The molecule has 34 heavy (non-hydrogen) atoms. The van der Waals surface area contributed by atoms with Gasteiger partial charge in [-0.05, 0) is 69.1 Å². The normalized spacial score (nSPS) is 15.9. The number of aromatic nitrogens is 1. The number of amides is 2. The van der Waals surface area contributed by atoms with Crippen molar-refractivity contribution >= 4 is 34.0 Å². The Bertz CT molecular complexity index is 1240. The average Bonchev–Trinajstić information content (AvgIpc) is 3.42. The molecule has 2 aromatic carbocycles. The van der Waals surface area contributed by atoms with Crippen molar-refractivity contribution in [3.05, 3.63) is 64.3 Å². The van der Waals surface area contributed by atoms with Gasteiger partial charge in [0.15, 0.2) is 5.13 Å². The van der Waals surface area contributed by atoms with Crippen molar-refractivity contribution in [1.82, 2.24) is 9.88 Å². The molecule has 5 rings (SSSR count). The SMILES string of the molecule is Cc1sc(NC(=O)CN2CCCCC2)nc1-c1ccc2c(c1)CCN2C(=O)c1ccccc1F. The molecule has 0 aliphatic carbocycles. The molecule has 8 heteroatoms. The van der Waals surface area contributed by atoms with Crippen LogP contribution in [0.4, 0.5) is 15.2 Å². The molecule has 0 unspecified atom stereocenters. The summed E-state index contributed by atoms with van der Waals surface area (Å²) in [5, 5.41) is 3.56. The van der Waals surface area contributed by atoms with Crippen LogP contribution >= 0.6 is 11.3 Å². The molecule has 0 saturated carbocycles. The summed E-state index contributed by atoms with van der Waals surface area (Å²) in [7, 11) is 0. The molecule has 0 bridgehead atoms. The lowest BCUT2D eigenvalue weighted by molar-refractivity contribution is -0.117. The van der Waals surface area contributed by atoms with E-state index in [1.807, 2.05) is 25.1 Å². The Morgan fingerprint density at radius 2 is 1.88 bits per heavy atom. The maximum atomic E-state index is 14.1. The third-order valence-corrected chi connectivity index (χ3v) is 7.34. The van der Waals surface area contributed by atoms with E-state index in [0.29, 0.717) is 24.6 Å². The number of rotatable bonds is 5. The topological polar surface area (TPSA) is 65.5 Å². The second-order valence-corrected chi connectivity index (χ2v) is 10.0. The zero-order valence-electron chi connectivity index (χ0n) is 19.1. The van der Waals surface area contributed by atoms with Gasteiger partial charge in [0.2, 0.25) is 5.91 Å². The van der Waals surface area contributed by atoms with Crippen LogP contribution < -0.4 is 10.2 Å². The number of anilines is 2. The second-order valence-electron chi connectivity index (χ2n) is 8.84. The fourth-order valence-corrected chi connectivity index (χ4v) is 5.59. The molecule has 2 aliphatic rings.